The Morgan fingerprint density at radius 2 is 2.27 bits per heavy atom. The molecule has 1 atom stereocenters. The predicted octanol–water partition coefficient (Wildman–Crippen LogP) is 2.01. The predicted molar refractivity (Wildman–Crippen MR) is 82.4 cm³/mol. The third-order valence-corrected chi connectivity index (χ3v) is 4.33. The van der Waals surface area contributed by atoms with Crippen molar-refractivity contribution in [2.45, 2.75) is 25.8 Å². The number of nitrogens with zero attached hydrogens (tertiary/aromatic N) is 4. The molecule has 1 N–H and O–H groups in total. The first kappa shape index (κ1) is 13.3. The summed E-state index contributed by atoms with van der Waals surface area (Å²) in [5.41, 5.74) is 5.92. The summed E-state index contributed by atoms with van der Waals surface area (Å²) in [4.78, 5) is 11.1. The molecular weight excluding hydrogens is 282 g/mol. The molecule has 7 heteroatoms. The summed E-state index contributed by atoms with van der Waals surface area (Å²) >= 11 is 0. The van der Waals surface area contributed by atoms with Gasteiger partial charge in [-0.1, -0.05) is 5.16 Å². The van der Waals surface area contributed by atoms with Crippen molar-refractivity contribution in [3.63, 3.8) is 0 Å². The van der Waals surface area contributed by atoms with Gasteiger partial charge in [-0.2, -0.15) is 5.10 Å². The SMILES string of the molecule is Cc1nn(C)c2cc3onc(NN4CCC[C@H]4C=O)c3cc12. The zero-order valence-corrected chi connectivity index (χ0v) is 12.5. The highest BCUT2D eigenvalue weighted by atomic mass is 16.5. The third kappa shape index (κ3) is 1.89. The first-order chi connectivity index (χ1) is 10.7. The minimum absolute atomic E-state index is 0.101. The fourth-order valence-electron chi connectivity index (χ4n) is 3.15. The van der Waals surface area contributed by atoms with E-state index in [1.54, 1.807) is 0 Å². The van der Waals surface area contributed by atoms with Crippen LogP contribution in [0.5, 0.6) is 0 Å². The van der Waals surface area contributed by atoms with Crippen LogP contribution < -0.4 is 5.43 Å². The van der Waals surface area contributed by atoms with Crippen LogP contribution in [0.15, 0.2) is 16.7 Å². The van der Waals surface area contributed by atoms with E-state index in [4.69, 9.17) is 4.52 Å². The Hall–Kier alpha value is -2.41. The number of aldehydes is 1. The molecule has 22 heavy (non-hydrogen) atoms. The van der Waals surface area contributed by atoms with Crippen molar-refractivity contribution in [2.75, 3.05) is 12.0 Å². The van der Waals surface area contributed by atoms with Crippen LogP contribution >= 0.6 is 0 Å². The van der Waals surface area contributed by atoms with E-state index in [0.717, 1.165) is 47.7 Å². The van der Waals surface area contributed by atoms with Crippen molar-refractivity contribution in [3.8, 4) is 0 Å². The topological polar surface area (TPSA) is 76.2 Å². The van der Waals surface area contributed by atoms with Crippen LogP contribution in [0.1, 0.15) is 18.5 Å². The van der Waals surface area contributed by atoms with Crippen LogP contribution in [-0.4, -0.2) is 38.8 Å². The van der Waals surface area contributed by atoms with Gasteiger partial charge in [0.25, 0.3) is 0 Å². The maximum atomic E-state index is 11.1. The monoisotopic (exact) mass is 299 g/mol. The summed E-state index contributed by atoms with van der Waals surface area (Å²) < 4.78 is 7.27. The van der Waals surface area contributed by atoms with Crippen LogP contribution in [0.2, 0.25) is 0 Å². The number of hydrogen-bond acceptors (Lipinski definition) is 6. The normalized spacial score (nSPS) is 19.3. The average Bonchev–Trinajstić information content (AvgIpc) is 3.19. The van der Waals surface area contributed by atoms with Crippen molar-refractivity contribution in [1.29, 1.82) is 0 Å². The van der Waals surface area contributed by atoms with E-state index in [-0.39, 0.29) is 6.04 Å². The van der Waals surface area contributed by atoms with E-state index in [0.29, 0.717) is 11.4 Å². The molecule has 4 rings (SSSR count). The number of benzene rings is 1. The van der Waals surface area contributed by atoms with Gasteiger partial charge in [-0.3, -0.25) is 10.1 Å². The zero-order chi connectivity index (χ0) is 15.3. The highest BCUT2D eigenvalue weighted by Gasteiger charge is 2.25. The molecule has 0 bridgehead atoms. The Morgan fingerprint density at radius 3 is 3.09 bits per heavy atom. The van der Waals surface area contributed by atoms with Gasteiger partial charge in [0, 0.05) is 25.0 Å². The highest BCUT2D eigenvalue weighted by molar-refractivity contribution is 6.00. The third-order valence-electron chi connectivity index (χ3n) is 4.33. The Kier molecular flexibility index (Phi) is 2.90. The van der Waals surface area contributed by atoms with Gasteiger partial charge >= 0.3 is 0 Å². The molecule has 1 aliphatic heterocycles. The van der Waals surface area contributed by atoms with Crippen LogP contribution in [-0.2, 0) is 11.8 Å². The van der Waals surface area contributed by atoms with E-state index in [1.165, 1.54) is 0 Å². The van der Waals surface area contributed by atoms with Gasteiger partial charge in [0.15, 0.2) is 11.4 Å². The van der Waals surface area contributed by atoms with Gasteiger partial charge in [0.05, 0.1) is 22.6 Å². The molecule has 1 aromatic carbocycles. The minimum atomic E-state index is -0.101. The summed E-state index contributed by atoms with van der Waals surface area (Å²) in [6, 6.07) is 3.89. The minimum Gasteiger partial charge on any atom is -0.354 e. The number of carbonyl (C=O) groups is 1. The molecule has 0 unspecified atom stereocenters. The second-order valence-corrected chi connectivity index (χ2v) is 5.76. The number of rotatable bonds is 3. The molecular formula is C15H17N5O2. The van der Waals surface area contributed by atoms with Gasteiger partial charge in [0.2, 0.25) is 0 Å². The number of carbonyl (C=O) groups excluding carboxylic acids is 1. The lowest BCUT2D eigenvalue weighted by atomic mass is 10.1. The fourth-order valence-corrected chi connectivity index (χ4v) is 3.15. The molecule has 1 fully saturated rings. The maximum absolute atomic E-state index is 11.1. The quantitative estimate of drug-likeness (QED) is 0.746. The molecule has 0 radical (unpaired) electrons. The van der Waals surface area contributed by atoms with Crippen LogP contribution in [0, 0.1) is 6.92 Å². The Balaban J connectivity index is 1.78. The Morgan fingerprint density at radius 1 is 1.41 bits per heavy atom. The lowest BCUT2D eigenvalue weighted by Gasteiger charge is -2.20. The second kappa shape index (κ2) is 4.81. The maximum Gasteiger partial charge on any atom is 0.191 e. The summed E-state index contributed by atoms with van der Waals surface area (Å²) in [5, 5.41) is 12.4. The van der Waals surface area contributed by atoms with E-state index in [9.17, 15) is 4.79 Å². The lowest BCUT2D eigenvalue weighted by molar-refractivity contribution is -0.111. The fraction of sp³-hybridized carbons (Fsp3) is 0.400. The van der Waals surface area contributed by atoms with Crippen molar-refractivity contribution < 1.29 is 9.32 Å². The van der Waals surface area contributed by atoms with Crippen molar-refractivity contribution >= 4 is 34.0 Å². The molecule has 1 aliphatic rings. The van der Waals surface area contributed by atoms with E-state index >= 15 is 0 Å². The van der Waals surface area contributed by atoms with Crippen LogP contribution in [0.4, 0.5) is 5.82 Å². The smallest absolute Gasteiger partial charge is 0.191 e. The lowest BCUT2D eigenvalue weighted by Crippen LogP contribution is -2.35. The van der Waals surface area contributed by atoms with E-state index in [1.807, 2.05) is 35.8 Å². The number of nitrogens with one attached hydrogen (secondary N) is 1. The summed E-state index contributed by atoms with van der Waals surface area (Å²) in [5.74, 6) is 0.647. The molecule has 0 aliphatic carbocycles. The van der Waals surface area contributed by atoms with E-state index in [2.05, 4.69) is 15.7 Å². The molecule has 1 saturated heterocycles. The molecule has 7 nitrogen and oxygen atoms in total. The van der Waals surface area contributed by atoms with Crippen molar-refractivity contribution in [1.82, 2.24) is 19.9 Å². The van der Waals surface area contributed by atoms with Gasteiger partial charge in [-0.05, 0) is 25.8 Å². The second-order valence-electron chi connectivity index (χ2n) is 5.76. The molecule has 0 amide bonds. The molecule has 114 valence electrons. The summed E-state index contributed by atoms with van der Waals surface area (Å²) in [6.07, 6.45) is 2.85. The molecule has 0 spiro atoms. The molecule has 2 aromatic heterocycles. The average molecular weight is 299 g/mol. The summed E-state index contributed by atoms with van der Waals surface area (Å²) in [6.45, 7) is 2.81. The largest absolute Gasteiger partial charge is 0.354 e. The standard InChI is InChI=1S/C15H17N5O2/c1-9-11-6-12-14(7-13(11)19(2)16-9)22-18-15(12)17-20-5-3-4-10(20)8-21/h6-8,10H,3-5H2,1-2H3,(H,17,18)/t10-/m0/s1. The number of aryl methyl sites for hydroxylation is 2. The molecule has 3 aromatic rings. The highest BCUT2D eigenvalue weighted by Crippen LogP contribution is 2.30. The molecule has 0 saturated carbocycles. The number of hydrazine groups is 1. The van der Waals surface area contributed by atoms with Crippen LogP contribution in [0.3, 0.4) is 0 Å². The van der Waals surface area contributed by atoms with Gasteiger partial charge < -0.3 is 9.32 Å². The first-order valence-electron chi connectivity index (χ1n) is 7.38. The number of anilines is 1. The van der Waals surface area contributed by atoms with Gasteiger partial charge in [-0.25, -0.2) is 5.01 Å². The molecule has 3 heterocycles. The number of hydrogen-bond donors (Lipinski definition) is 1. The number of fused-ring (bicyclic) bond motifs is 2. The van der Waals surface area contributed by atoms with Crippen LogP contribution in [0.25, 0.3) is 21.9 Å². The number of aromatic nitrogens is 3. The summed E-state index contributed by atoms with van der Waals surface area (Å²) in [7, 11) is 1.91. The van der Waals surface area contributed by atoms with Gasteiger partial charge in [0.1, 0.15) is 6.29 Å². The Bertz CT molecular complexity index is 866. The van der Waals surface area contributed by atoms with Crippen molar-refractivity contribution in [3.05, 3.63) is 17.8 Å². The first-order valence-corrected chi connectivity index (χ1v) is 7.38. The van der Waals surface area contributed by atoms with Crippen molar-refractivity contribution in [2.24, 2.45) is 7.05 Å². The van der Waals surface area contributed by atoms with E-state index < -0.39 is 0 Å². The zero-order valence-electron chi connectivity index (χ0n) is 12.5. The Labute approximate surface area is 126 Å². The van der Waals surface area contributed by atoms with Gasteiger partial charge in [-0.15, -0.1) is 0 Å².